The monoisotopic (exact) mass is 191 g/mol. The Morgan fingerprint density at radius 3 is 3.08 bits per heavy atom. The van der Waals surface area contributed by atoms with Crippen molar-refractivity contribution in [3.05, 3.63) is 29.0 Å². The molecule has 0 saturated heterocycles. The van der Waals surface area contributed by atoms with E-state index in [0.717, 1.165) is 11.0 Å². The highest BCUT2D eigenvalue weighted by Crippen LogP contribution is 2.25. The minimum Gasteiger partial charge on any atom is -0.334 e. The van der Waals surface area contributed by atoms with Gasteiger partial charge in [0.1, 0.15) is 11.7 Å². The van der Waals surface area contributed by atoms with Gasteiger partial charge in [-0.15, -0.1) is 0 Å². The van der Waals surface area contributed by atoms with Gasteiger partial charge in [-0.3, -0.25) is 0 Å². The lowest BCUT2D eigenvalue weighted by molar-refractivity contribution is 0.947. The number of pyridine rings is 1. The van der Waals surface area contributed by atoms with Crippen LogP contribution in [0, 0.1) is 11.3 Å². The summed E-state index contributed by atoms with van der Waals surface area (Å²) in [6, 6.07) is 3.77. The second kappa shape index (κ2) is 2.75. The van der Waals surface area contributed by atoms with Crippen LogP contribution < -0.4 is 0 Å². The van der Waals surface area contributed by atoms with Crippen LogP contribution in [0.1, 0.15) is 5.56 Å². The van der Waals surface area contributed by atoms with Crippen molar-refractivity contribution >= 4 is 22.6 Å². The molecule has 0 atom stereocenters. The molecule has 0 N–H and O–H groups in total. The molecule has 3 nitrogen and oxygen atoms in total. The number of rotatable bonds is 0. The summed E-state index contributed by atoms with van der Waals surface area (Å²) in [5.74, 6) is 0. The minimum absolute atomic E-state index is 0.565. The van der Waals surface area contributed by atoms with E-state index in [1.807, 2.05) is 7.05 Å². The van der Waals surface area contributed by atoms with E-state index in [0.29, 0.717) is 10.6 Å². The van der Waals surface area contributed by atoms with Crippen LogP contribution in [0.15, 0.2) is 18.5 Å². The van der Waals surface area contributed by atoms with E-state index >= 15 is 0 Å². The van der Waals surface area contributed by atoms with E-state index in [9.17, 15) is 0 Å². The third-order valence-corrected chi connectivity index (χ3v) is 2.24. The number of fused-ring (bicyclic) bond motifs is 1. The molecule has 0 radical (unpaired) electrons. The normalized spacial score (nSPS) is 10.2. The Labute approximate surface area is 80.2 Å². The van der Waals surface area contributed by atoms with Gasteiger partial charge in [-0.25, -0.2) is 4.98 Å². The van der Waals surface area contributed by atoms with Gasteiger partial charge in [-0.05, 0) is 6.07 Å². The summed E-state index contributed by atoms with van der Waals surface area (Å²) in [6.45, 7) is 0. The standard InChI is InChI=1S/C9H6ClN3/c1-13-5-6(4-11)8-7(10)2-3-12-9(8)13/h2-3,5H,1H3. The van der Waals surface area contributed by atoms with Gasteiger partial charge in [0.25, 0.3) is 0 Å². The average molecular weight is 192 g/mol. The van der Waals surface area contributed by atoms with Crippen molar-refractivity contribution in [1.29, 1.82) is 5.26 Å². The lowest BCUT2D eigenvalue weighted by Crippen LogP contribution is -1.86. The highest BCUT2D eigenvalue weighted by atomic mass is 35.5. The summed E-state index contributed by atoms with van der Waals surface area (Å²) in [6.07, 6.45) is 3.36. The number of nitrogens with zero attached hydrogens (tertiary/aromatic N) is 3. The van der Waals surface area contributed by atoms with Crippen molar-refractivity contribution in [2.75, 3.05) is 0 Å². The maximum absolute atomic E-state index is 8.82. The van der Waals surface area contributed by atoms with Gasteiger partial charge in [0.15, 0.2) is 0 Å². The Morgan fingerprint density at radius 1 is 1.62 bits per heavy atom. The largest absolute Gasteiger partial charge is 0.334 e. The first kappa shape index (κ1) is 8.09. The van der Waals surface area contributed by atoms with Crippen LogP contribution >= 0.6 is 11.6 Å². The van der Waals surface area contributed by atoms with E-state index < -0.39 is 0 Å². The minimum atomic E-state index is 0.565. The van der Waals surface area contributed by atoms with Crippen LogP contribution in [0.25, 0.3) is 11.0 Å². The SMILES string of the molecule is Cn1cc(C#N)c2c(Cl)ccnc21. The molecule has 0 aliphatic heterocycles. The number of nitriles is 1. The fourth-order valence-electron chi connectivity index (χ4n) is 1.35. The molecular formula is C9H6ClN3. The molecule has 2 aromatic rings. The van der Waals surface area contributed by atoms with Gasteiger partial charge in [-0.1, -0.05) is 11.6 Å². The van der Waals surface area contributed by atoms with Gasteiger partial charge >= 0.3 is 0 Å². The van der Waals surface area contributed by atoms with E-state index in [1.165, 1.54) is 0 Å². The van der Waals surface area contributed by atoms with Crippen molar-refractivity contribution in [3.63, 3.8) is 0 Å². The zero-order valence-corrected chi connectivity index (χ0v) is 7.71. The predicted molar refractivity (Wildman–Crippen MR) is 50.4 cm³/mol. The number of halogens is 1. The van der Waals surface area contributed by atoms with Crippen LogP contribution in [0.3, 0.4) is 0 Å². The highest BCUT2D eigenvalue weighted by Gasteiger charge is 2.09. The van der Waals surface area contributed by atoms with Crippen LogP contribution in [0.4, 0.5) is 0 Å². The predicted octanol–water partition coefficient (Wildman–Crippen LogP) is 2.10. The molecule has 0 spiro atoms. The Hall–Kier alpha value is -1.53. The smallest absolute Gasteiger partial charge is 0.142 e. The maximum atomic E-state index is 8.82. The van der Waals surface area contributed by atoms with Crippen LogP contribution in [0.5, 0.6) is 0 Å². The van der Waals surface area contributed by atoms with Crippen LogP contribution in [-0.4, -0.2) is 9.55 Å². The Balaban J connectivity index is 2.99. The average Bonchev–Trinajstić information content (AvgIpc) is 2.45. The summed E-state index contributed by atoms with van der Waals surface area (Å²) in [4.78, 5) is 4.14. The van der Waals surface area contributed by atoms with Crippen molar-refractivity contribution in [3.8, 4) is 6.07 Å². The molecule has 2 heterocycles. The van der Waals surface area contributed by atoms with Gasteiger partial charge in [0.05, 0.1) is 16.0 Å². The van der Waals surface area contributed by atoms with Gasteiger partial charge in [0, 0.05) is 19.4 Å². The van der Waals surface area contributed by atoms with Gasteiger partial charge in [-0.2, -0.15) is 5.26 Å². The van der Waals surface area contributed by atoms with Crippen molar-refractivity contribution in [2.45, 2.75) is 0 Å². The molecule has 0 aliphatic rings. The first-order valence-corrected chi connectivity index (χ1v) is 4.11. The molecule has 0 aliphatic carbocycles. The number of hydrogen-bond donors (Lipinski definition) is 0. The van der Waals surface area contributed by atoms with Crippen molar-refractivity contribution in [1.82, 2.24) is 9.55 Å². The van der Waals surface area contributed by atoms with Crippen LogP contribution in [-0.2, 0) is 7.05 Å². The molecule has 0 bridgehead atoms. The van der Waals surface area contributed by atoms with E-state index in [1.54, 1.807) is 23.0 Å². The summed E-state index contributed by atoms with van der Waals surface area (Å²) >= 11 is 5.95. The van der Waals surface area contributed by atoms with E-state index in [-0.39, 0.29) is 0 Å². The van der Waals surface area contributed by atoms with Gasteiger partial charge in [0.2, 0.25) is 0 Å². The number of hydrogen-bond acceptors (Lipinski definition) is 2. The van der Waals surface area contributed by atoms with E-state index in [2.05, 4.69) is 11.1 Å². The Kier molecular flexibility index (Phi) is 1.71. The van der Waals surface area contributed by atoms with Crippen molar-refractivity contribution in [2.24, 2.45) is 7.05 Å². The van der Waals surface area contributed by atoms with E-state index in [4.69, 9.17) is 16.9 Å². The molecule has 0 unspecified atom stereocenters. The molecule has 0 fully saturated rings. The second-order valence-corrected chi connectivity index (χ2v) is 3.16. The fourth-order valence-corrected chi connectivity index (χ4v) is 1.59. The Morgan fingerprint density at radius 2 is 2.38 bits per heavy atom. The fraction of sp³-hybridized carbons (Fsp3) is 0.111. The van der Waals surface area contributed by atoms with Crippen LogP contribution in [0.2, 0.25) is 5.02 Å². The molecule has 64 valence electrons. The Bertz CT molecular complexity index is 507. The first-order chi connectivity index (χ1) is 6.24. The highest BCUT2D eigenvalue weighted by molar-refractivity contribution is 6.35. The van der Waals surface area contributed by atoms with Gasteiger partial charge < -0.3 is 4.57 Å². The molecular weight excluding hydrogens is 186 g/mol. The quantitative estimate of drug-likeness (QED) is 0.640. The lowest BCUT2D eigenvalue weighted by atomic mass is 10.2. The second-order valence-electron chi connectivity index (χ2n) is 2.76. The summed E-state index contributed by atoms with van der Waals surface area (Å²) in [7, 11) is 1.84. The third-order valence-electron chi connectivity index (χ3n) is 1.93. The topological polar surface area (TPSA) is 41.6 Å². The zero-order valence-electron chi connectivity index (χ0n) is 6.95. The molecule has 2 rings (SSSR count). The summed E-state index contributed by atoms with van der Waals surface area (Å²) in [5, 5.41) is 10.1. The molecule has 0 amide bonds. The first-order valence-electron chi connectivity index (χ1n) is 3.73. The molecule has 2 aromatic heterocycles. The number of aryl methyl sites for hydroxylation is 1. The molecule has 13 heavy (non-hydrogen) atoms. The zero-order chi connectivity index (χ0) is 9.42. The van der Waals surface area contributed by atoms with Crippen molar-refractivity contribution < 1.29 is 0 Å². The molecule has 0 aromatic carbocycles. The summed E-state index contributed by atoms with van der Waals surface area (Å²) < 4.78 is 1.79. The molecule has 0 saturated carbocycles. The maximum Gasteiger partial charge on any atom is 0.142 e. The number of aromatic nitrogens is 2. The third kappa shape index (κ3) is 1.07. The molecule has 4 heteroatoms. The summed E-state index contributed by atoms with van der Waals surface area (Å²) in [5.41, 5.74) is 1.31. The lowest BCUT2D eigenvalue weighted by Gasteiger charge is -1.94.